The van der Waals surface area contributed by atoms with Gasteiger partial charge in [-0.3, -0.25) is 0 Å². The second kappa shape index (κ2) is 13.8. The van der Waals surface area contributed by atoms with Gasteiger partial charge in [0.2, 0.25) is 0 Å². The predicted molar refractivity (Wildman–Crippen MR) is 232 cm³/mol. The Kier molecular flexibility index (Phi) is 8.31. The van der Waals surface area contributed by atoms with Crippen LogP contribution < -0.4 is 4.90 Å². The molecule has 0 saturated heterocycles. The normalized spacial score (nSPS) is 22.1. The predicted octanol–water partition coefficient (Wildman–Crippen LogP) is 15.2. The van der Waals surface area contributed by atoms with Crippen LogP contribution in [-0.4, -0.2) is 5.25 Å². The van der Waals surface area contributed by atoms with Gasteiger partial charge in [0, 0.05) is 32.3 Å². The average Bonchev–Trinajstić information content (AvgIpc) is 3.84. The van der Waals surface area contributed by atoms with Crippen LogP contribution in [0.4, 0.5) is 17.1 Å². The summed E-state index contributed by atoms with van der Waals surface area (Å²) >= 11 is 2.17. The van der Waals surface area contributed by atoms with E-state index < -0.39 is 0 Å². The van der Waals surface area contributed by atoms with E-state index in [2.05, 4.69) is 174 Å². The molecule has 0 radical (unpaired) electrons. The van der Waals surface area contributed by atoms with Crippen molar-refractivity contribution in [2.24, 2.45) is 0 Å². The van der Waals surface area contributed by atoms with E-state index >= 15 is 0 Å². The fourth-order valence-corrected chi connectivity index (χ4v) is 12.3. The van der Waals surface area contributed by atoms with E-state index in [4.69, 9.17) is 4.42 Å². The highest BCUT2D eigenvalue weighted by Gasteiger charge is 2.42. The number of para-hydroxylation sites is 2. The van der Waals surface area contributed by atoms with E-state index in [0.29, 0.717) is 28.9 Å². The molecular formula is C52H45NOS. The number of rotatable bonds is 6. The summed E-state index contributed by atoms with van der Waals surface area (Å²) in [5.74, 6) is 2.44. The molecule has 2 saturated carbocycles. The summed E-state index contributed by atoms with van der Waals surface area (Å²) in [7, 11) is 0. The largest absolute Gasteiger partial charge is 0.455 e. The molecule has 55 heavy (non-hydrogen) atoms. The quantitative estimate of drug-likeness (QED) is 0.169. The van der Waals surface area contributed by atoms with Gasteiger partial charge in [0.1, 0.15) is 11.2 Å². The molecule has 7 aromatic carbocycles. The summed E-state index contributed by atoms with van der Waals surface area (Å²) in [6.07, 6.45) is 8.94. The molecule has 2 nitrogen and oxygen atoms in total. The molecule has 0 bridgehead atoms. The number of nitrogens with zero attached hydrogens (tertiary/aromatic N) is 1. The minimum Gasteiger partial charge on any atom is -0.455 e. The first kappa shape index (κ1) is 33.1. The number of anilines is 3. The van der Waals surface area contributed by atoms with Gasteiger partial charge in [0.25, 0.3) is 0 Å². The highest BCUT2D eigenvalue weighted by molar-refractivity contribution is 8.00. The van der Waals surface area contributed by atoms with E-state index in [1.807, 2.05) is 0 Å². The lowest BCUT2D eigenvalue weighted by Crippen LogP contribution is -2.25. The number of hydrogen-bond donors (Lipinski definition) is 0. The van der Waals surface area contributed by atoms with Crippen LogP contribution in [-0.2, 0) is 0 Å². The fourth-order valence-electron chi connectivity index (χ4n) is 10.6. The van der Waals surface area contributed by atoms with Gasteiger partial charge in [0.05, 0.1) is 11.1 Å². The average molecular weight is 732 g/mol. The SMILES string of the molecule is c1ccc(C2CCC(c3ccc4c(c3)C3CCCC(c5cc6c(oc7cccc(N(c8ccccc8)c8ccccc8)c76)c6ccccc56)C3S4)CC2)cc1. The Balaban J connectivity index is 0.984. The van der Waals surface area contributed by atoms with Crippen molar-refractivity contribution >= 4 is 61.5 Å². The molecule has 0 amide bonds. The maximum atomic E-state index is 6.88. The van der Waals surface area contributed by atoms with Crippen LogP contribution in [0, 0.1) is 0 Å². The summed E-state index contributed by atoms with van der Waals surface area (Å²) in [5.41, 5.74) is 11.6. The monoisotopic (exact) mass is 731 g/mol. The standard InChI is InChI=1S/C52H45NOS/c1-4-14-34(15-5-1)35-26-28-36(29-27-35)37-30-31-49-45(32-37)43-23-12-22-42(52(43)55-49)44-33-46-50-47(53(38-16-6-2-7-17-38)39-18-8-3-9-19-39)24-13-25-48(50)54-51(46)41-21-11-10-20-40(41)44/h1-11,13-21,24-25,30-33,35-36,42-43,52H,12,22-23,26-29H2. The third-order valence-corrected chi connectivity index (χ3v) is 14.7. The Hall–Kier alpha value is -5.25. The van der Waals surface area contributed by atoms with Crippen molar-refractivity contribution in [3.8, 4) is 0 Å². The first-order valence-corrected chi connectivity index (χ1v) is 21.3. The van der Waals surface area contributed by atoms with E-state index in [0.717, 1.165) is 28.2 Å². The molecule has 11 rings (SSSR count). The molecule has 2 fully saturated rings. The third kappa shape index (κ3) is 5.70. The second-order valence-electron chi connectivity index (χ2n) is 16.1. The first-order valence-electron chi connectivity index (χ1n) is 20.4. The van der Waals surface area contributed by atoms with E-state index in [1.54, 1.807) is 11.1 Å². The third-order valence-electron chi connectivity index (χ3n) is 13.2. The molecule has 1 aliphatic heterocycles. The molecule has 270 valence electrons. The summed E-state index contributed by atoms with van der Waals surface area (Å²) in [5, 5.41) is 5.50. The Morgan fingerprint density at radius 1 is 0.491 bits per heavy atom. The van der Waals surface area contributed by atoms with Crippen LogP contribution in [0.1, 0.15) is 90.9 Å². The lowest BCUT2D eigenvalue weighted by Gasteiger charge is -2.35. The van der Waals surface area contributed by atoms with Gasteiger partial charge in [-0.15, -0.1) is 11.8 Å². The summed E-state index contributed by atoms with van der Waals surface area (Å²) in [4.78, 5) is 3.91. The van der Waals surface area contributed by atoms with Gasteiger partial charge in [0.15, 0.2) is 0 Å². The number of hydrogen-bond acceptors (Lipinski definition) is 3. The molecular weight excluding hydrogens is 687 g/mol. The lowest BCUT2D eigenvalue weighted by atomic mass is 9.72. The minimum absolute atomic E-state index is 0.465. The van der Waals surface area contributed by atoms with Gasteiger partial charge in [-0.2, -0.15) is 0 Å². The Labute approximate surface area is 328 Å². The van der Waals surface area contributed by atoms with Crippen LogP contribution in [0.3, 0.4) is 0 Å². The van der Waals surface area contributed by atoms with Gasteiger partial charge in [-0.05, 0) is 138 Å². The highest BCUT2D eigenvalue weighted by atomic mass is 32.2. The second-order valence-corrected chi connectivity index (χ2v) is 17.3. The molecule has 3 unspecified atom stereocenters. The maximum Gasteiger partial charge on any atom is 0.143 e. The van der Waals surface area contributed by atoms with Crippen LogP contribution in [0.2, 0.25) is 0 Å². The van der Waals surface area contributed by atoms with E-state index in [1.165, 1.54) is 82.5 Å². The molecule has 0 N–H and O–H groups in total. The zero-order valence-corrected chi connectivity index (χ0v) is 31.9. The number of thioether (sulfide) groups is 1. The van der Waals surface area contributed by atoms with Gasteiger partial charge >= 0.3 is 0 Å². The number of furan rings is 1. The molecule has 3 aliphatic rings. The molecule has 3 heteroatoms. The van der Waals surface area contributed by atoms with Crippen molar-refractivity contribution in [2.45, 2.75) is 78.8 Å². The lowest BCUT2D eigenvalue weighted by molar-refractivity contribution is 0.394. The summed E-state index contributed by atoms with van der Waals surface area (Å²) < 4.78 is 6.88. The maximum absolute atomic E-state index is 6.88. The first-order chi connectivity index (χ1) is 27.3. The zero-order chi connectivity index (χ0) is 36.3. The van der Waals surface area contributed by atoms with Gasteiger partial charge < -0.3 is 9.32 Å². The van der Waals surface area contributed by atoms with Gasteiger partial charge in [-0.25, -0.2) is 0 Å². The molecule has 0 spiro atoms. The summed E-state index contributed by atoms with van der Waals surface area (Å²) in [6, 6.07) is 58.4. The van der Waals surface area contributed by atoms with Crippen LogP contribution >= 0.6 is 11.8 Å². The fraction of sp³-hybridized carbons (Fsp3) is 0.231. The van der Waals surface area contributed by atoms with Crippen molar-refractivity contribution in [1.29, 1.82) is 0 Å². The molecule has 2 heterocycles. The minimum atomic E-state index is 0.465. The Bertz CT molecular complexity index is 2600. The number of benzene rings is 7. The number of fused-ring (bicyclic) bond motifs is 8. The molecule has 8 aromatic rings. The Morgan fingerprint density at radius 3 is 1.82 bits per heavy atom. The zero-order valence-electron chi connectivity index (χ0n) is 31.1. The molecule has 1 aromatic heterocycles. The van der Waals surface area contributed by atoms with Crippen molar-refractivity contribution in [2.75, 3.05) is 4.90 Å². The van der Waals surface area contributed by atoms with Crippen molar-refractivity contribution in [3.63, 3.8) is 0 Å². The van der Waals surface area contributed by atoms with Gasteiger partial charge in [-0.1, -0.05) is 116 Å². The topological polar surface area (TPSA) is 16.4 Å². The molecule has 3 atom stereocenters. The van der Waals surface area contributed by atoms with Crippen molar-refractivity contribution < 1.29 is 4.42 Å². The van der Waals surface area contributed by atoms with Crippen LogP contribution in [0.15, 0.2) is 167 Å². The van der Waals surface area contributed by atoms with E-state index in [9.17, 15) is 0 Å². The van der Waals surface area contributed by atoms with Crippen LogP contribution in [0.5, 0.6) is 0 Å². The van der Waals surface area contributed by atoms with Crippen molar-refractivity contribution in [1.82, 2.24) is 0 Å². The molecule has 2 aliphatic carbocycles. The highest BCUT2D eigenvalue weighted by Crippen LogP contribution is 2.58. The Morgan fingerprint density at radius 2 is 1.11 bits per heavy atom. The van der Waals surface area contributed by atoms with Crippen molar-refractivity contribution in [3.05, 3.63) is 180 Å². The smallest absolute Gasteiger partial charge is 0.143 e. The van der Waals surface area contributed by atoms with E-state index in [-0.39, 0.29) is 0 Å². The summed E-state index contributed by atoms with van der Waals surface area (Å²) in [6.45, 7) is 0. The van der Waals surface area contributed by atoms with Crippen LogP contribution in [0.25, 0.3) is 32.7 Å².